The van der Waals surface area contributed by atoms with Gasteiger partial charge in [0.2, 0.25) is 0 Å². The summed E-state index contributed by atoms with van der Waals surface area (Å²) in [5.74, 6) is 0.280. The largest absolute Gasteiger partial charge is 0.508 e. The molecule has 0 atom stereocenters. The molecule has 1 heterocycles. The Hall–Kier alpha value is -3.86. The van der Waals surface area contributed by atoms with Gasteiger partial charge in [0.05, 0.1) is 12.3 Å². The third-order valence-corrected chi connectivity index (χ3v) is 8.60. The molecule has 0 radical (unpaired) electrons. The van der Waals surface area contributed by atoms with E-state index >= 15 is 0 Å². The number of fused-ring (bicyclic) bond motifs is 1. The number of phenolic OH excluding ortho intramolecular Hbond substituents is 1. The molecule has 44 heavy (non-hydrogen) atoms. The van der Waals surface area contributed by atoms with Crippen molar-refractivity contribution in [2.75, 3.05) is 6.61 Å². The van der Waals surface area contributed by atoms with Gasteiger partial charge in [-0.25, -0.2) is 0 Å². The van der Waals surface area contributed by atoms with E-state index in [4.69, 9.17) is 4.74 Å². The Kier molecular flexibility index (Phi) is 11.8. The van der Waals surface area contributed by atoms with E-state index < -0.39 is 0 Å². The summed E-state index contributed by atoms with van der Waals surface area (Å²) in [7, 11) is 0. The number of rotatable bonds is 18. The fourth-order valence-electron chi connectivity index (χ4n) is 6.44. The molecular weight excluding hydrogens is 546 g/mol. The number of ether oxygens (including phenoxy) is 1. The van der Waals surface area contributed by atoms with Gasteiger partial charge in [-0.15, -0.1) is 0 Å². The number of hydrogen-bond acceptors (Lipinski definition) is 4. The molecule has 3 aromatic carbocycles. The molecule has 0 unspecified atom stereocenters. The number of hydrogen-bond donors (Lipinski definition) is 1. The number of nitrogens with zero attached hydrogens (tertiary/aromatic N) is 1. The number of aromatic hydroxyl groups is 1. The highest BCUT2D eigenvalue weighted by Crippen LogP contribution is 2.41. The van der Waals surface area contributed by atoms with E-state index in [0.717, 1.165) is 87.3 Å². The zero-order valence-electron chi connectivity index (χ0n) is 27.0. The van der Waals surface area contributed by atoms with Crippen molar-refractivity contribution in [1.29, 1.82) is 0 Å². The summed E-state index contributed by atoms with van der Waals surface area (Å²) < 4.78 is 7.73. The van der Waals surface area contributed by atoms with Crippen molar-refractivity contribution in [3.05, 3.63) is 77.4 Å². The van der Waals surface area contributed by atoms with Crippen LogP contribution < -0.4 is 0 Å². The fraction of sp³-hybridized carbons (Fsp3) is 0.436. The van der Waals surface area contributed by atoms with Crippen LogP contribution >= 0.6 is 0 Å². The lowest BCUT2D eigenvalue weighted by Crippen LogP contribution is -2.22. The van der Waals surface area contributed by atoms with Gasteiger partial charge < -0.3 is 19.2 Å². The number of aromatic nitrogens is 1. The Bertz CT molecular complexity index is 1550. The molecule has 0 aliphatic rings. The summed E-state index contributed by atoms with van der Waals surface area (Å²) >= 11 is 0. The fourth-order valence-corrected chi connectivity index (χ4v) is 6.44. The molecule has 0 fully saturated rings. The molecule has 1 N–H and O–H groups in total. The first-order valence-electron chi connectivity index (χ1n) is 16.4. The normalized spacial score (nSPS) is 11.6. The molecule has 4 rings (SSSR count). The Morgan fingerprint density at radius 2 is 1.66 bits per heavy atom. The van der Waals surface area contributed by atoms with Crippen molar-refractivity contribution in [3.63, 3.8) is 0 Å². The summed E-state index contributed by atoms with van der Waals surface area (Å²) in [5.41, 5.74) is 9.28. The van der Waals surface area contributed by atoms with Gasteiger partial charge in [-0.3, -0.25) is 4.79 Å². The van der Waals surface area contributed by atoms with Crippen molar-refractivity contribution in [2.24, 2.45) is 5.41 Å². The van der Waals surface area contributed by atoms with E-state index in [9.17, 15) is 14.7 Å². The minimum atomic E-state index is -0.263. The highest BCUT2D eigenvalue weighted by atomic mass is 16.5. The van der Waals surface area contributed by atoms with Crippen LogP contribution in [0.5, 0.6) is 5.75 Å². The minimum Gasteiger partial charge on any atom is -0.508 e. The van der Waals surface area contributed by atoms with Crippen LogP contribution in [0.3, 0.4) is 0 Å². The Morgan fingerprint density at radius 1 is 0.864 bits per heavy atom. The lowest BCUT2D eigenvalue weighted by Gasteiger charge is -2.24. The number of aldehydes is 1. The first-order valence-corrected chi connectivity index (χ1v) is 16.4. The molecule has 1 aromatic heterocycles. The third-order valence-electron chi connectivity index (χ3n) is 8.60. The summed E-state index contributed by atoms with van der Waals surface area (Å²) in [6, 6.07) is 21.4. The SMILES string of the molecule is CCCCc1ccccc1-c1c(CC(C)(C)COC=O)c2cc(-c3cc(O)cc(CCCCCCC=O)c3)ccc2n1CC. The highest BCUT2D eigenvalue weighted by molar-refractivity contribution is 5.95. The average Bonchev–Trinajstić information content (AvgIpc) is 3.32. The molecule has 234 valence electrons. The Labute approximate surface area is 263 Å². The van der Waals surface area contributed by atoms with Crippen molar-refractivity contribution in [2.45, 2.75) is 98.4 Å². The first kappa shape index (κ1) is 33.0. The molecule has 0 bridgehead atoms. The smallest absolute Gasteiger partial charge is 0.293 e. The summed E-state index contributed by atoms with van der Waals surface area (Å²) in [4.78, 5) is 21.7. The van der Waals surface area contributed by atoms with E-state index in [1.165, 1.54) is 33.3 Å². The standard InChI is InChI=1S/C39H49NO4/c1-5-7-16-30-17-12-13-18-34(30)38-36(26-39(3,4)27-44-28-42)35-25-31(19-20-37(35)40(38)6-2)32-22-29(23-33(43)24-32)15-11-9-8-10-14-21-41/h12-13,17-25,28,43H,5-11,14-16,26-27H2,1-4H3. The molecule has 0 spiro atoms. The predicted octanol–water partition coefficient (Wildman–Crippen LogP) is 9.48. The molecule has 0 amide bonds. The van der Waals surface area contributed by atoms with Crippen LogP contribution in [0.2, 0.25) is 0 Å². The quantitative estimate of drug-likeness (QED) is 0.0919. The van der Waals surface area contributed by atoms with Crippen LogP contribution in [0.1, 0.15) is 89.3 Å². The van der Waals surface area contributed by atoms with Gasteiger partial charge in [0.15, 0.2) is 0 Å². The van der Waals surface area contributed by atoms with E-state index in [2.05, 4.69) is 80.8 Å². The van der Waals surface area contributed by atoms with Crippen molar-refractivity contribution in [3.8, 4) is 28.1 Å². The van der Waals surface area contributed by atoms with Crippen LogP contribution in [0, 0.1) is 5.41 Å². The van der Waals surface area contributed by atoms with Gasteiger partial charge >= 0.3 is 0 Å². The van der Waals surface area contributed by atoms with E-state index in [-0.39, 0.29) is 11.2 Å². The van der Waals surface area contributed by atoms with Gasteiger partial charge in [-0.05, 0) is 97.5 Å². The van der Waals surface area contributed by atoms with Crippen LogP contribution in [0.15, 0.2) is 60.7 Å². The number of aryl methyl sites for hydroxylation is 3. The maximum absolute atomic E-state index is 11.1. The van der Waals surface area contributed by atoms with Gasteiger partial charge in [0, 0.05) is 34.8 Å². The highest BCUT2D eigenvalue weighted by Gasteiger charge is 2.27. The van der Waals surface area contributed by atoms with Gasteiger partial charge in [0.25, 0.3) is 6.47 Å². The third kappa shape index (κ3) is 8.19. The van der Waals surface area contributed by atoms with Gasteiger partial charge in [-0.1, -0.05) is 76.4 Å². The predicted molar refractivity (Wildman–Crippen MR) is 181 cm³/mol. The molecule has 0 aliphatic heterocycles. The Morgan fingerprint density at radius 3 is 2.41 bits per heavy atom. The lowest BCUT2D eigenvalue weighted by atomic mass is 9.83. The van der Waals surface area contributed by atoms with Crippen molar-refractivity contribution in [1.82, 2.24) is 4.57 Å². The Balaban J connectivity index is 1.82. The van der Waals surface area contributed by atoms with Crippen molar-refractivity contribution >= 4 is 23.7 Å². The van der Waals surface area contributed by atoms with E-state index in [0.29, 0.717) is 19.5 Å². The number of carbonyl (C=O) groups is 2. The molecule has 0 saturated carbocycles. The molecule has 0 aliphatic carbocycles. The second-order valence-electron chi connectivity index (χ2n) is 12.8. The number of carbonyl (C=O) groups excluding carboxylic acids is 2. The van der Waals surface area contributed by atoms with E-state index in [1.807, 2.05) is 12.1 Å². The van der Waals surface area contributed by atoms with Crippen LogP contribution in [-0.4, -0.2) is 29.0 Å². The zero-order valence-corrected chi connectivity index (χ0v) is 27.0. The molecule has 0 saturated heterocycles. The number of benzene rings is 3. The zero-order chi connectivity index (χ0) is 31.5. The monoisotopic (exact) mass is 595 g/mol. The first-order chi connectivity index (χ1) is 21.3. The molecule has 5 heteroatoms. The molecule has 5 nitrogen and oxygen atoms in total. The minimum absolute atomic E-state index is 0.263. The molecular formula is C39H49NO4. The maximum Gasteiger partial charge on any atom is 0.293 e. The van der Waals surface area contributed by atoms with Crippen molar-refractivity contribution < 1.29 is 19.4 Å². The number of phenols is 1. The maximum atomic E-state index is 11.1. The summed E-state index contributed by atoms with van der Waals surface area (Å²) in [5, 5.41) is 11.9. The topological polar surface area (TPSA) is 68.5 Å². The van der Waals surface area contributed by atoms with E-state index in [1.54, 1.807) is 0 Å². The van der Waals surface area contributed by atoms with Crippen LogP contribution in [0.25, 0.3) is 33.3 Å². The second kappa shape index (κ2) is 15.7. The summed E-state index contributed by atoms with van der Waals surface area (Å²) in [6.45, 7) is 10.5. The van der Waals surface area contributed by atoms with Crippen LogP contribution in [0.4, 0.5) is 0 Å². The van der Waals surface area contributed by atoms with Gasteiger partial charge in [0.1, 0.15) is 12.0 Å². The second-order valence-corrected chi connectivity index (χ2v) is 12.8. The van der Waals surface area contributed by atoms with Crippen LogP contribution in [-0.2, 0) is 40.1 Å². The number of unbranched alkanes of at least 4 members (excludes halogenated alkanes) is 5. The average molecular weight is 596 g/mol. The van der Waals surface area contributed by atoms with Gasteiger partial charge in [-0.2, -0.15) is 0 Å². The lowest BCUT2D eigenvalue weighted by molar-refractivity contribution is -0.131. The molecule has 4 aromatic rings. The summed E-state index contributed by atoms with van der Waals surface area (Å²) in [6.07, 6.45) is 10.7.